The van der Waals surface area contributed by atoms with Gasteiger partial charge in [-0.3, -0.25) is 0 Å². The van der Waals surface area contributed by atoms with Crippen LogP contribution in [0.5, 0.6) is 0 Å². The number of aryl methyl sites for hydroxylation is 1. The van der Waals surface area contributed by atoms with E-state index in [-0.39, 0.29) is 5.84 Å². The zero-order valence-corrected chi connectivity index (χ0v) is 12.4. The standard InChI is InChI=1S/C16H23N3O2/c1-10-8-12(16(17)19-20)4-5-13(10)9-18-14-6-7-21-15(14)11-2-3-11/h4-5,8,11,14-15,18,20H,2-3,6-7,9H2,1H3,(H2,17,19). The van der Waals surface area contributed by atoms with E-state index in [1.54, 1.807) is 0 Å². The van der Waals surface area contributed by atoms with Crippen molar-refractivity contribution in [2.75, 3.05) is 6.61 Å². The van der Waals surface area contributed by atoms with Crippen LogP contribution in [0, 0.1) is 12.8 Å². The number of hydrogen-bond donors (Lipinski definition) is 3. The van der Waals surface area contributed by atoms with Gasteiger partial charge in [-0.2, -0.15) is 0 Å². The second-order valence-electron chi connectivity index (χ2n) is 6.08. The fourth-order valence-electron chi connectivity index (χ4n) is 3.07. The van der Waals surface area contributed by atoms with Crippen molar-refractivity contribution < 1.29 is 9.94 Å². The molecule has 21 heavy (non-hydrogen) atoms. The van der Waals surface area contributed by atoms with Gasteiger partial charge < -0.3 is 21.0 Å². The van der Waals surface area contributed by atoms with E-state index in [1.165, 1.54) is 18.4 Å². The average molecular weight is 289 g/mol. The molecule has 0 spiro atoms. The monoisotopic (exact) mass is 289 g/mol. The molecule has 1 saturated heterocycles. The third kappa shape index (κ3) is 3.19. The van der Waals surface area contributed by atoms with Crippen molar-refractivity contribution in [2.24, 2.45) is 16.8 Å². The number of ether oxygens (including phenoxy) is 1. The molecule has 2 atom stereocenters. The number of amidine groups is 1. The maximum atomic E-state index is 8.72. The summed E-state index contributed by atoms with van der Waals surface area (Å²) in [6, 6.07) is 6.36. The van der Waals surface area contributed by atoms with Crippen LogP contribution in [0.25, 0.3) is 0 Å². The van der Waals surface area contributed by atoms with E-state index in [0.29, 0.717) is 12.1 Å². The Bertz CT molecular complexity index is 540. The summed E-state index contributed by atoms with van der Waals surface area (Å²) in [5.41, 5.74) is 8.75. The average Bonchev–Trinajstić information content (AvgIpc) is 3.24. The first-order valence-corrected chi connectivity index (χ1v) is 7.61. The minimum absolute atomic E-state index is 0.149. The Morgan fingerprint density at radius 1 is 1.43 bits per heavy atom. The quantitative estimate of drug-likeness (QED) is 0.334. The molecule has 0 radical (unpaired) electrons. The summed E-state index contributed by atoms with van der Waals surface area (Å²) < 4.78 is 5.85. The van der Waals surface area contributed by atoms with Crippen molar-refractivity contribution in [1.82, 2.24) is 5.32 Å². The van der Waals surface area contributed by atoms with Gasteiger partial charge in [0.2, 0.25) is 0 Å². The predicted molar refractivity (Wildman–Crippen MR) is 81.4 cm³/mol. The van der Waals surface area contributed by atoms with Crippen LogP contribution in [0.4, 0.5) is 0 Å². The first-order valence-electron chi connectivity index (χ1n) is 7.61. The lowest BCUT2D eigenvalue weighted by atomic mass is 10.0. The molecule has 3 rings (SSSR count). The second kappa shape index (κ2) is 6.03. The van der Waals surface area contributed by atoms with Gasteiger partial charge in [0.15, 0.2) is 5.84 Å². The molecule has 1 aromatic carbocycles. The number of oxime groups is 1. The number of nitrogens with one attached hydrogen (secondary N) is 1. The molecule has 5 nitrogen and oxygen atoms in total. The van der Waals surface area contributed by atoms with Crippen molar-refractivity contribution in [3.63, 3.8) is 0 Å². The van der Waals surface area contributed by atoms with E-state index in [2.05, 4.69) is 17.4 Å². The zero-order chi connectivity index (χ0) is 14.8. The zero-order valence-electron chi connectivity index (χ0n) is 12.4. The van der Waals surface area contributed by atoms with Gasteiger partial charge in [-0.05, 0) is 49.3 Å². The molecule has 5 heteroatoms. The van der Waals surface area contributed by atoms with Crippen LogP contribution in [-0.2, 0) is 11.3 Å². The number of rotatable bonds is 5. The predicted octanol–water partition coefficient (Wildman–Crippen LogP) is 1.75. The normalized spacial score (nSPS) is 26.2. The largest absolute Gasteiger partial charge is 0.409 e. The van der Waals surface area contributed by atoms with Crippen molar-refractivity contribution in [2.45, 2.75) is 44.9 Å². The molecule has 2 fully saturated rings. The first kappa shape index (κ1) is 14.4. The topological polar surface area (TPSA) is 79.9 Å². The summed E-state index contributed by atoms with van der Waals surface area (Å²) in [7, 11) is 0. The molecular weight excluding hydrogens is 266 g/mol. The smallest absolute Gasteiger partial charge is 0.170 e. The van der Waals surface area contributed by atoms with E-state index >= 15 is 0 Å². The van der Waals surface area contributed by atoms with Crippen LogP contribution >= 0.6 is 0 Å². The Balaban J connectivity index is 1.62. The number of nitrogens with zero attached hydrogens (tertiary/aromatic N) is 1. The fraction of sp³-hybridized carbons (Fsp3) is 0.562. The summed E-state index contributed by atoms with van der Waals surface area (Å²) in [6.07, 6.45) is 4.14. The number of nitrogens with two attached hydrogens (primary N) is 1. The Morgan fingerprint density at radius 3 is 2.90 bits per heavy atom. The van der Waals surface area contributed by atoms with E-state index in [9.17, 15) is 0 Å². The minimum atomic E-state index is 0.149. The highest BCUT2D eigenvalue weighted by molar-refractivity contribution is 5.97. The summed E-state index contributed by atoms with van der Waals surface area (Å²) in [6.45, 7) is 3.76. The molecule has 4 N–H and O–H groups in total. The van der Waals surface area contributed by atoms with Crippen LogP contribution in [0.15, 0.2) is 23.4 Å². The Labute approximate surface area is 125 Å². The molecule has 0 aromatic heterocycles. The highest BCUT2D eigenvalue weighted by Crippen LogP contribution is 2.38. The highest BCUT2D eigenvalue weighted by atomic mass is 16.5. The molecule has 1 heterocycles. The fourth-order valence-corrected chi connectivity index (χ4v) is 3.07. The van der Waals surface area contributed by atoms with E-state index in [0.717, 1.165) is 36.6 Å². The van der Waals surface area contributed by atoms with Gasteiger partial charge in [0.05, 0.1) is 6.10 Å². The Hall–Kier alpha value is -1.59. The Kier molecular flexibility index (Phi) is 4.12. The molecule has 114 valence electrons. The van der Waals surface area contributed by atoms with Crippen LogP contribution in [-0.4, -0.2) is 29.8 Å². The lowest BCUT2D eigenvalue weighted by Crippen LogP contribution is -2.37. The maximum Gasteiger partial charge on any atom is 0.170 e. The molecule has 0 amide bonds. The summed E-state index contributed by atoms with van der Waals surface area (Å²) in [5.74, 6) is 0.921. The lowest BCUT2D eigenvalue weighted by molar-refractivity contribution is 0.0809. The molecule has 1 aliphatic carbocycles. The van der Waals surface area contributed by atoms with Crippen LogP contribution in [0.1, 0.15) is 36.0 Å². The third-order valence-corrected chi connectivity index (χ3v) is 4.52. The molecular formula is C16H23N3O2. The van der Waals surface area contributed by atoms with Crippen molar-refractivity contribution in [3.8, 4) is 0 Å². The maximum absolute atomic E-state index is 8.72. The third-order valence-electron chi connectivity index (χ3n) is 4.52. The van der Waals surface area contributed by atoms with Crippen molar-refractivity contribution in [3.05, 3.63) is 34.9 Å². The second-order valence-corrected chi connectivity index (χ2v) is 6.08. The lowest BCUT2D eigenvalue weighted by Gasteiger charge is -2.20. The molecule has 1 saturated carbocycles. The summed E-state index contributed by atoms with van der Waals surface area (Å²) >= 11 is 0. The molecule has 2 aliphatic rings. The van der Waals surface area contributed by atoms with Gasteiger partial charge in [0, 0.05) is 24.8 Å². The van der Waals surface area contributed by atoms with Gasteiger partial charge in [-0.25, -0.2) is 0 Å². The molecule has 2 unspecified atom stereocenters. The van der Waals surface area contributed by atoms with Crippen LogP contribution in [0.3, 0.4) is 0 Å². The molecule has 1 aromatic rings. The van der Waals surface area contributed by atoms with E-state index in [4.69, 9.17) is 15.7 Å². The first-order chi connectivity index (χ1) is 10.2. The number of hydrogen-bond acceptors (Lipinski definition) is 4. The van der Waals surface area contributed by atoms with E-state index in [1.807, 2.05) is 18.2 Å². The molecule has 0 bridgehead atoms. The van der Waals surface area contributed by atoms with Crippen LogP contribution in [0.2, 0.25) is 0 Å². The van der Waals surface area contributed by atoms with Gasteiger partial charge in [0.1, 0.15) is 0 Å². The SMILES string of the molecule is Cc1cc(/C(N)=N/O)ccc1CNC1CCOC1C1CC1. The molecule has 1 aliphatic heterocycles. The van der Waals surface area contributed by atoms with Crippen molar-refractivity contribution >= 4 is 5.84 Å². The van der Waals surface area contributed by atoms with E-state index < -0.39 is 0 Å². The van der Waals surface area contributed by atoms with Gasteiger partial charge >= 0.3 is 0 Å². The van der Waals surface area contributed by atoms with Gasteiger partial charge in [-0.15, -0.1) is 0 Å². The van der Waals surface area contributed by atoms with Crippen molar-refractivity contribution in [1.29, 1.82) is 0 Å². The van der Waals surface area contributed by atoms with Gasteiger partial charge in [-0.1, -0.05) is 17.3 Å². The van der Waals surface area contributed by atoms with Gasteiger partial charge in [0.25, 0.3) is 0 Å². The summed E-state index contributed by atoms with van der Waals surface area (Å²) in [5, 5.41) is 15.4. The minimum Gasteiger partial charge on any atom is -0.409 e. The number of benzene rings is 1. The van der Waals surface area contributed by atoms with Crippen LogP contribution < -0.4 is 11.1 Å². The summed E-state index contributed by atoms with van der Waals surface area (Å²) in [4.78, 5) is 0. The Morgan fingerprint density at radius 2 is 2.24 bits per heavy atom. The highest BCUT2D eigenvalue weighted by Gasteiger charge is 2.40.